The number of fused-ring (bicyclic) bond motifs is 5. The average molecular weight is 501 g/mol. The Balaban J connectivity index is 1.56. The molecule has 1 saturated heterocycles. The van der Waals surface area contributed by atoms with Gasteiger partial charge in [-0.3, -0.25) is 14.4 Å². The van der Waals surface area contributed by atoms with Crippen LogP contribution in [0.1, 0.15) is 64.7 Å². The molecule has 0 unspecified atom stereocenters. The van der Waals surface area contributed by atoms with Gasteiger partial charge in [-0.2, -0.15) is 0 Å². The van der Waals surface area contributed by atoms with Crippen molar-refractivity contribution in [2.24, 2.45) is 5.16 Å². The van der Waals surface area contributed by atoms with Gasteiger partial charge in [0.2, 0.25) is 5.43 Å². The normalized spacial score (nSPS) is 26.8. The molecule has 9 nitrogen and oxygen atoms in total. The Morgan fingerprint density at radius 3 is 2.75 bits per heavy atom. The maximum atomic E-state index is 15.2. The monoisotopic (exact) mass is 500 g/mol. The first-order valence-corrected chi connectivity index (χ1v) is 11.7. The lowest BCUT2D eigenvalue weighted by atomic mass is 9.83. The number of aromatic nitrogens is 1. The summed E-state index contributed by atoms with van der Waals surface area (Å²) in [7, 11) is 0. The summed E-state index contributed by atoms with van der Waals surface area (Å²) in [5, 5.41) is 17.3. The maximum absolute atomic E-state index is 15.2. The summed E-state index contributed by atoms with van der Waals surface area (Å²) < 4.78 is 30.8. The highest BCUT2D eigenvalue weighted by Crippen LogP contribution is 2.46. The minimum Gasteiger partial charge on any atom is -0.503 e. The van der Waals surface area contributed by atoms with Gasteiger partial charge in [-0.05, 0) is 32.4 Å². The van der Waals surface area contributed by atoms with Crippen molar-refractivity contribution in [2.75, 3.05) is 6.54 Å². The number of alkyl halides is 1. The van der Waals surface area contributed by atoms with E-state index in [0.717, 1.165) is 5.56 Å². The van der Waals surface area contributed by atoms with Crippen molar-refractivity contribution in [2.45, 2.75) is 64.0 Å². The van der Waals surface area contributed by atoms with Crippen molar-refractivity contribution in [1.29, 1.82) is 0 Å². The van der Waals surface area contributed by atoms with E-state index < -0.39 is 58.2 Å². The molecular formula is C25H26F2N4O5. The highest BCUT2D eigenvalue weighted by atomic mass is 19.1. The van der Waals surface area contributed by atoms with Gasteiger partial charge in [-0.1, -0.05) is 17.3 Å². The molecule has 4 heterocycles. The van der Waals surface area contributed by atoms with Crippen molar-refractivity contribution < 1.29 is 28.3 Å². The Labute approximate surface area is 205 Å². The molecule has 2 bridgehead atoms. The maximum Gasteiger partial charge on any atom is 0.274 e. The first kappa shape index (κ1) is 24.0. The number of rotatable bonds is 3. The predicted molar refractivity (Wildman–Crippen MR) is 125 cm³/mol. The summed E-state index contributed by atoms with van der Waals surface area (Å²) in [6.45, 7) is 4.91. The Kier molecular flexibility index (Phi) is 5.60. The summed E-state index contributed by atoms with van der Waals surface area (Å²) in [4.78, 5) is 46.3. The van der Waals surface area contributed by atoms with E-state index >= 15 is 4.39 Å². The van der Waals surface area contributed by atoms with Gasteiger partial charge >= 0.3 is 0 Å². The van der Waals surface area contributed by atoms with Gasteiger partial charge in [0, 0.05) is 37.7 Å². The van der Waals surface area contributed by atoms with Crippen LogP contribution in [0.3, 0.4) is 0 Å². The van der Waals surface area contributed by atoms with Crippen molar-refractivity contribution in [1.82, 2.24) is 14.8 Å². The molecular weight excluding hydrogens is 474 g/mol. The zero-order chi connectivity index (χ0) is 25.9. The number of aromatic hydroxyl groups is 1. The van der Waals surface area contributed by atoms with Crippen molar-refractivity contribution in [3.63, 3.8) is 0 Å². The first-order chi connectivity index (χ1) is 17.0. The molecule has 3 aliphatic heterocycles. The summed E-state index contributed by atoms with van der Waals surface area (Å²) in [6, 6.07) is 3.01. The van der Waals surface area contributed by atoms with Gasteiger partial charge < -0.3 is 24.7 Å². The van der Waals surface area contributed by atoms with Crippen LogP contribution in [0.2, 0.25) is 0 Å². The Hall–Kier alpha value is -3.76. The largest absolute Gasteiger partial charge is 0.503 e. The second-order valence-electron chi connectivity index (χ2n) is 9.85. The van der Waals surface area contributed by atoms with Crippen molar-refractivity contribution in [3.8, 4) is 5.75 Å². The molecule has 36 heavy (non-hydrogen) atoms. The molecule has 5 rings (SSSR count). The zero-order valence-corrected chi connectivity index (χ0v) is 20.0. The van der Waals surface area contributed by atoms with Crippen LogP contribution in [0.4, 0.5) is 8.78 Å². The number of nitrogens with zero attached hydrogens (tertiary/aromatic N) is 3. The number of nitrogens with one attached hydrogen (secondary N) is 1. The van der Waals surface area contributed by atoms with Gasteiger partial charge in [-0.15, -0.1) is 0 Å². The van der Waals surface area contributed by atoms with E-state index in [1.165, 1.54) is 27.8 Å². The molecule has 190 valence electrons. The number of carbonyl (C=O) groups excluding carboxylic acids is 2. The van der Waals surface area contributed by atoms with Crippen molar-refractivity contribution >= 4 is 17.5 Å². The summed E-state index contributed by atoms with van der Waals surface area (Å²) in [6.07, 6.45) is -0.0200. The second-order valence-corrected chi connectivity index (χ2v) is 9.85. The van der Waals surface area contributed by atoms with E-state index in [1.807, 2.05) is 0 Å². The number of hydrogen-bond acceptors (Lipinski definition) is 6. The summed E-state index contributed by atoms with van der Waals surface area (Å²) in [5.41, 5.74) is -1.38. The molecule has 1 fully saturated rings. The lowest BCUT2D eigenvalue weighted by Crippen LogP contribution is -2.52. The average Bonchev–Trinajstić information content (AvgIpc) is 3.16. The quantitative estimate of drug-likeness (QED) is 0.673. The molecule has 0 aliphatic carbocycles. The van der Waals surface area contributed by atoms with Gasteiger partial charge in [0.1, 0.15) is 17.6 Å². The molecule has 1 spiro atoms. The molecule has 3 aliphatic rings. The highest BCUT2D eigenvalue weighted by Gasteiger charge is 2.56. The topological polar surface area (TPSA) is 113 Å². The minimum atomic E-state index is -1.43. The van der Waals surface area contributed by atoms with Gasteiger partial charge in [0.15, 0.2) is 17.0 Å². The third kappa shape index (κ3) is 3.64. The van der Waals surface area contributed by atoms with Crippen LogP contribution in [0.15, 0.2) is 34.3 Å². The smallest absolute Gasteiger partial charge is 0.274 e. The Bertz CT molecular complexity index is 1370. The van der Waals surface area contributed by atoms with E-state index in [4.69, 9.17) is 4.84 Å². The number of hydrogen-bond donors (Lipinski definition) is 2. The molecule has 1 aromatic heterocycles. The fraction of sp³-hybridized carbons (Fsp3) is 0.440. The van der Waals surface area contributed by atoms with E-state index in [0.29, 0.717) is 5.71 Å². The number of amides is 2. The van der Waals surface area contributed by atoms with Crippen LogP contribution in [0.5, 0.6) is 5.75 Å². The number of halogens is 2. The molecule has 11 heteroatoms. The second kappa shape index (κ2) is 8.42. The van der Waals surface area contributed by atoms with E-state index in [-0.39, 0.29) is 37.2 Å². The lowest BCUT2D eigenvalue weighted by Gasteiger charge is -2.41. The predicted octanol–water partition coefficient (Wildman–Crippen LogP) is 2.59. The number of carbonyl (C=O) groups is 2. The Morgan fingerprint density at radius 2 is 2.08 bits per heavy atom. The molecule has 1 aromatic carbocycles. The minimum absolute atomic E-state index is 0.0498. The number of benzene rings is 1. The summed E-state index contributed by atoms with van der Waals surface area (Å²) >= 11 is 0. The van der Waals surface area contributed by atoms with E-state index in [1.54, 1.807) is 26.8 Å². The molecule has 0 saturated carbocycles. The van der Waals surface area contributed by atoms with Crippen LogP contribution in [-0.4, -0.2) is 56.5 Å². The molecule has 0 radical (unpaired) electrons. The van der Waals surface area contributed by atoms with Gasteiger partial charge in [0.25, 0.3) is 11.8 Å². The highest BCUT2D eigenvalue weighted by molar-refractivity contribution is 5.99. The third-order valence-corrected chi connectivity index (χ3v) is 7.37. The molecule has 2 amide bonds. The third-order valence-electron chi connectivity index (χ3n) is 7.37. The van der Waals surface area contributed by atoms with Crippen LogP contribution < -0.4 is 10.7 Å². The first-order valence-electron chi connectivity index (χ1n) is 11.7. The van der Waals surface area contributed by atoms with Crippen LogP contribution >= 0.6 is 0 Å². The van der Waals surface area contributed by atoms with E-state index in [2.05, 4.69) is 10.5 Å². The fourth-order valence-corrected chi connectivity index (χ4v) is 5.36. The van der Waals surface area contributed by atoms with Gasteiger partial charge in [-0.25, -0.2) is 8.78 Å². The van der Waals surface area contributed by atoms with E-state index in [9.17, 15) is 23.9 Å². The lowest BCUT2D eigenvalue weighted by molar-refractivity contribution is -0.0725. The van der Waals surface area contributed by atoms with Crippen LogP contribution in [-0.2, 0) is 11.4 Å². The Morgan fingerprint density at radius 1 is 1.33 bits per heavy atom. The van der Waals surface area contributed by atoms with Crippen molar-refractivity contribution in [3.05, 3.63) is 62.8 Å². The molecule has 4 atom stereocenters. The number of pyridine rings is 1. The summed E-state index contributed by atoms with van der Waals surface area (Å²) in [5.74, 6) is -2.97. The number of aryl methyl sites for hydroxylation is 1. The fourth-order valence-electron chi connectivity index (χ4n) is 5.36. The van der Waals surface area contributed by atoms with Gasteiger partial charge in [0.05, 0.1) is 17.8 Å². The SMILES string of the molecule is CC1=NO[C@]2(C1)C[C@H](F)[C@H](C)N1C[C@H]2n2cc(C(=O)NCc3ccc(C)cc3F)c(=O)c(O)c2C1=O. The van der Waals surface area contributed by atoms with Crippen LogP contribution in [0.25, 0.3) is 0 Å². The molecule has 2 aromatic rings. The zero-order valence-electron chi connectivity index (χ0n) is 20.0. The number of oxime groups is 1. The standard InChI is InChI=1S/C25H26F2N4O5/c1-12-4-5-15(17(26)6-12)9-28-23(34)16-10-31-19-11-30(24(35)20(31)22(33)21(16)32)14(3)18(27)8-25(19)7-13(2)29-36-25/h4-6,10,14,18-19,33H,7-9,11H2,1-3H3,(H,28,34)/t14-,18-,19+,25+/m0/s1. The molecule has 2 N–H and O–H groups in total. The van der Waals surface area contributed by atoms with Crippen LogP contribution in [0, 0.1) is 12.7 Å².